The molecule has 1 atom stereocenters. The van der Waals surface area contributed by atoms with Gasteiger partial charge in [0.15, 0.2) is 5.82 Å². The van der Waals surface area contributed by atoms with E-state index in [0.29, 0.717) is 11.5 Å². The Morgan fingerprint density at radius 1 is 1.36 bits per heavy atom. The highest BCUT2D eigenvalue weighted by Crippen LogP contribution is 2.15. The van der Waals surface area contributed by atoms with Crippen molar-refractivity contribution in [1.82, 2.24) is 15.1 Å². The van der Waals surface area contributed by atoms with Gasteiger partial charge in [0.1, 0.15) is 6.04 Å². The second-order valence-corrected chi connectivity index (χ2v) is 3.58. The molecule has 5 nitrogen and oxygen atoms in total. The van der Waals surface area contributed by atoms with Crippen molar-refractivity contribution >= 4 is 15.9 Å². The molecule has 1 unspecified atom stereocenters. The molecule has 2 heterocycles. The van der Waals surface area contributed by atoms with Gasteiger partial charge in [0.2, 0.25) is 6.39 Å². The zero-order valence-electron chi connectivity index (χ0n) is 7.09. The number of hydrogen-bond acceptors (Lipinski definition) is 5. The predicted molar refractivity (Wildman–Crippen MR) is 52.3 cm³/mol. The Morgan fingerprint density at radius 2 is 2.21 bits per heavy atom. The van der Waals surface area contributed by atoms with E-state index in [1.54, 1.807) is 6.20 Å². The summed E-state index contributed by atoms with van der Waals surface area (Å²) >= 11 is 3.29. The fourth-order valence-corrected chi connectivity index (χ4v) is 1.25. The molecule has 0 amide bonds. The fraction of sp³-hybridized carbons (Fsp3) is 0.125. The van der Waals surface area contributed by atoms with E-state index < -0.39 is 6.04 Å². The van der Waals surface area contributed by atoms with Crippen LogP contribution in [-0.4, -0.2) is 15.1 Å². The van der Waals surface area contributed by atoms with Crippen molar-refractivity contribution in [2.75, 3.05) is 0 Å². The van der Waals surface area contributed by atoms with E-state index >= 15 is 0 Å². The van der Waals surface area contributed by atoms with Crippen molar-refractivity contribution in [1.29, 1.82) is 0 Å². The minimum Gasteiger partial charge on any atom is -0.343 e. The average molecular weight is 255 g/mol. The Morgan fingerprint density at radius 3 is 2.79 bits per heavy atom. The predicted octanol–water partition coefficient (Wildman–Crippen LogP) is 1.28. The van der Waals surface area contributed by atoms with Crippen molar-refractivity contribution in [3.05, 3.63) is 40.7 Å². The summed E-state index contributed by atoms with van der Waals surface area (Å²) in [6.07, 6.45) is 2.92. The Bertz CT molecular complexity index is 400. The van der Waals surface area contributed by atoms with Crippen LogP contribution in [-0.2, 0) is 0 Å². The quantitative estimate of drug-likeness (QED) is 0.874. The number of aromatic nitrogens is 3. The molecule has 0 aliphatic carbocycles. The molecule has 72 valence electrons. The van der Waals surface area contributed by atoms with Gasteiger partial charge in [-0.1, -0.05) is 5.16 Å². The van der Waals surface area contributed by atoms with Gasteiger partial charge in [-0.3, -0.25) is 4.98 Å². The van der Waals surface area contributed by atoms with Crippen molar-refractivity contribution in [3.8, 4) is 0 Å². The molecule has 0 aliphatic heterocycles. The minimum absolute atomic E-state index is 0.430. The van der Waals surface area contributed by atoms with Crippen LogP contribution in [0.1, 0.15) is 17.6 Å². The van der Waals surface area contributed by atoms with Crippen LogP contribution >= 0.6 is 15.9 Å². The van der Waals surface area contributed by atoms with Gasteiger partial charge in [0, 0.05) is 10.7 Å². The first-order chi connectivity index (χ1) is 6.77. The number of hydrogen-bond donors (Lipinski definition) is 1. The summed E-state index contributed by atoms with van der Waals surface area (Å²) < 4.78 is 5.51. The first-order valence-corrected chi connectivity index (χ1v) is 4.70. The van der Waals surface area contributed by atoms with Crippen LogP contribution in [0.3, 0.4) is 0 Å². The van der Waals surface area contributed by atoms with Gasteiger partial charge in [0.25, 0.3) is 0 Å². The lowest BCUT2D eigenvalue weighted by atomic mass is 10.2. The highest BCUT2D eigenvalue weighted by molar-refractivity contribution is 9.10. The van der Waals surface area contributed by atoms with Gasteiger partial charge in [-0.05, 0) is 28.1 Å². The molecule has 2 aromatic rings. The van der Waals surface area contributed by atoms with E-state index in [2.05, 4.69) is 35.6 Å². The summed E-state index contributed by atoms with van der Waals surface area (Å²) in [6.45, 7) is 0. The Hall–Kier alpha value is -1.27. The Labute approximate surface area is 88.5 Å². The summed E-state index contributed by atoms with van der Waals surface area (Å²) in [4.78, 5) is 8.00. The lowest BCUT2D eigenvalue weighted by molar-refractivity contribution is 0.407. The molecule has 0 saturated carbocycles. The van der Waals surface area contributed by atoms with E-state index in [1.165, 1.54) is 6.39 Å². The number of rotatable bonds is 2. The molecule has 2 aromatic heterocycles. The van der Waals surface area contributed by atoms with Gasteiger partial charge in [-0.2, -0.15) is 4.98 Å². The minimum atomic E-state index is -0.443. The highest BCUT2D eigenvalue weighted by atomic mass is 79.9. The monoisotopic (exact) mass is 254 g/mol. The van der Waals surface area contributed by atoms with Gasteiger partial charge >= 0.3 is 0 Å². The van der Waals surface area contributed by atoms with E-state index in [4.69, 9.17) is 5.73 Å². The second-order valence-electron chi connectivity index (χ2n) is 2.67. The van der Waals surface area contributed by atoms with E-state index in [1.807, 2.05) is 12.1 Å². The first-order valence-electron chi connectivity index (χ1n) is 3.90. The topological polar surface area (TPSA) is 77.8 Å². The van der Waals surface area contributed by atoms with Gasteiger partial charge in [-0.15, -0.1) is 0 Å². The molecule has 0 bridgehead atoms. The van der Waals surface area contributed by atoms with Crippen molar-refractivity contribution in [2.24, 2.45) is 5.73 Å². The lowest BCUT2D eigenvalue weighted by Gasteiger charge is -2.05. The van der Waals surface area contributed by atoms with Crippen molar-refractivity contribution in [3.63, 3.8) is 0 Å². The summed E-state index contributed by atoms with van der Waals surface area (Å²) in [7, 11) is 0. The number of pyridine rings is 1. The first kappa shape index (κ1) is 9.29. The standard InChI is InChI=1S/C8H7BrN4O/c9-5-1-2-6(11-3-5)7(10)8-12-4-14-13-8/h1-4,7H,10H2. The Balaban J connectivity index is 2.28. The van der Waals surface area contributed by atoms with Crippen LogP contribution in [0.2, 0.25) is 0 Å². The zero-order valence-corrected chi connectivity index (χ0v) is 8.68. The molecule has 0 aromatic carbocycles. The Kier molecular flexibility index (Phi) is 2.55. The molecule has 2 N–H and O–H groups in total. The molecule has 0 radical (unpaired) electrons. The number of halogens is 1. The molecule has 0 saturated heterocycles. The van der Waals surface area contributed by atoms with Crippen LogP contribution in [0.15, 0.2) is 33.7 Å². The molecular formula is C8H7BrN4O. The maximum absolute atomic E-state index is 5.85. The largest absolute Gasteiger partial charge is 0.343 e. The molecular weight excluding hydrogens is 248 g/mol. The third-order valence-electron chi connectivity index (χ3n) is 1.73. The van der Waals surface area contributed by atoms with Crippen LogP contribution in [0.5, 0.6) is 0 Å². The van der Waals surface area contributed by atoms with Crippen LogP contribution in [0.25, 0.3) is 0 Å². The molecule has 0 fully saturated rings. The summed E-state index contributed by atoms with van der Waals surface area (Å²) in [6, 6.07) is 3.23. The van der Waals surface area contributed by atoms with Gasteiger partial charge < -0.3 is 10.3 Å². The summed E-state index contributed by atoms with van der Waals surface area (Å²) in [5, 5.41) is 3.65. The van der Waals surface area contributed by atoms with E-state index in [0.717, 1.165) is 4.47 Å². The van der Waals surface area contributed by atoms with Crippen LogP contribution in [0.4, 0.5) is 0 Å². The van der Waals surface area contributed by atoms with Crippen molar-refractivity contribution < 1.29 is 4.52 Å². The highest BCUT2D eigenvalue weighted by Gasteiger charge is 2.14. The van der Waals surface area contributed by atoms with Crippen molar-refractivity contribution in [2.45, 2.75) is 6.04 Å². The lowest BCUT2D eigenvalue weighted by Crippen LogP contribution is -2.14. The zero-order chi connectivity index (χ0) is 9.97. The number of nitrogens with two attached hydrogens (primary N) is 1. The van der Waals surface area contributed by atoms with E-state index in [-0.39, 0.29) is 0 Å². The normalized spacial score (nSPS) is 12.7. The average Bonchev–Trinajstić information content (AvgIpc) is 2.71. The maximum atomic E-state index is 5.85. The summed E-state index contributed by atoms with van der Waals surface area (Å²) in [5.74, 6) is 0.430. The molecule has 14 heavy (non-hydrogen) atoms. The maximum Gasteiger partial charge on any atom is 0.213 e. The second kappa shape index (κ2) is 3.85. The summed E-state index contributed by atoms with van der Waals surface area (Å²) in [5.41, 5.74) is 6.55. The molecule has 2 rings (SSSR count). The molecule has 0 aliphatic rings. The van der Waals surface area contributed by atoms with Crippen LogP contribution < -0.4 is 5.73 Å². The van der Waals surface area contributed by atoms with Gasteiger partial charge in [0.05, 0.1) is 5.69 Å². The number of nitrogens with zero attached hydrogens (tertiary/aromatic N) is 3. The third-order valence-corrected chi connectivity index (χ3v) is 2.19. The third kappa shape index (κ3) is 1.80. The molecule has 6 heteroatoms. The van der Waals surface area contributed by atoms with E-state index in [9.17, 15) is 0 Å². The van der Waals surface area contributed by atoms with Gasteiger partial charge in [-0.25, -0.2) is 0 Å². The smallest absolute Gasteiger partial charge is 0.213 e. The van der Waals surface area contributed by atoms with Crippen LogP contribution in [0, 0.1) is 0 Å². The molecule has 0 spiro atoms. The SMILES string of the molecule is NC(c1ccc(Br)cn1)c1ncon1. The fourth-order valence-electron chi connectivity index (χ4n) is 1.02.